The van der Waals surface area contributed by atoms with Gasteiger partial charge in [-0.15, -0.1) is 0 Å². The van der Waals surface area contributed by atoms with E-state index < -0.39 is 17.1 Å². The van der Waals surface area contributed by atoms with E-state index in [-0.39, 0.29) is 22.4 Å². The summed E-state index contributed by atoms with van der Waals surface area (Å²) in [6.07, 6.45) is 0. The summed E-state index contributed by atoms with van der Waals surface area (Å²) >= 11 is 5.65. The maximum Gasteiger partial charge on any atom is 0.305 e. The SMILES string of the molecule is CCOc1cc(C2c3sc(=O)[nH]c3SC3C(=O)N(c4ccc(Br)cc4)C(=O)C32)ccc1O. The molecule has 2 amide bonds. The summed E-state index contributed by atoms with van der Waals surface area (Å²) < 4.78 is 6.38. The minimum atomic E-state index is -0.686. The highest BCUT2D eigenvalue weighted by Gasteiger charge is 2.56. The third kappa shape index (κ3) is 3.37. The number of amides is 2. The maximum atomic E-state index is 13.6. The zero-order chi connectivity index (χ0) is 22.6. The number of aromatic amines is 1. The molecule has 0 radical (unpaired) electrons. The molecular formula is C22H17BrN2O5S2. The fourth-order valence-corrected chi connectivity index (χ4v) is 7.00. The van der Waals surface area contributed by atoms with Gasteiger partial charge in [-0.3, -0.25) is 14.4 Å². The van der Waals surface area contributed by atoms with Gasteiger partial charge in [0.25, 0.3) is 0 Å². The van der Waals surface area contributed by atoms with Gasteiger partial charge in [0.1, 0.15) is 5.25 Å². The standard InChI is InChI=1S/C22H17BrN2O5S2/c1-2-30-14-9-10(3-8-13(14)26)15-16-18(31-19-17(15)32-22(29)24-19)21(28)25(20(16)27)12-6-4-11(23)5-7-12/h3-9,15-16,18,26H,2H2,1H3,(H,24,29). The Kier molecular flexibility index (Phi) is 5.39. The van der Waals surface area contributed by atoms with Gasteiger partial charge in [0, 0.05) is 15.3 Å². The van der Waals surface area contributed by atoms with Gasteiger partial charge in [-0.1, -0.05) is 45.1 Å². The second kappa shape index (κ2) is 8.09. The number of benzene rings is 2. The molecule has 2 aliphatic heterocycles. The summed E-state index contributed by atoms with van der Waals surface area (Å²) in [5.41, 5.74) is 1.21. The van der Waals surface area contributed by atoms with Gasteiger partial charge in [0.2, 0.25) is 11.8 Å². The quantitative estimate of drug-likeness (QED) is 0.490. The number of imide groups is 1. The number of carbonyl (C=O) groups excluding carboxylic acids is 2. The van der Waals surface area contributed by atoms with Crippen molar-refractivity contribution in [2.45, 2.75) is 23.1 Å². The van der Waals surface area contributed by atoms with Crippen LogP contribution < -0.4 is 14.5 Å². The number of nitrogens with zero attached hydrogens (tertiary/aromatic N) is 1. The first-order valence-corrected chi connectivity index (χ1v) is 12.4. The number of ether oxygens (including phenoxy) is 1. The van der Waals surface area contributed by atoms with Gasteiger partial charge < -0.3 is 14.8 Å². The van der Waals surface area contributed by atoms with Gasteiger partial charge in [-0.2, -0.15) is 0 Å². The number of aromatic hydroxyl groups is 1. The number of thioether (sulfide) groups is 1. The lowest BCUT2D eigenvalue weighted by molar-refractivity contribution is -0.122. The van der Waals surface area contributed by atoms with Crippen LogP contribution in [0.1, 0.15) is 23.3 Å². The molecule has 32 heavy (non-hydrogen) atoms. The van der Waals surface area contributed by atoms with E-state index in [1.54, 1.807) is 36.4 Å². The predicted octanol–water partition coefficient (Wildman–Crippen LogP) is 4.10. The molecule has 0 spiro atoms. The molecule has 5 rings (SSSR count). The van der Waals surface area contributed by atoms with Crippen molar-refractivity contribution in [1.29, 1.82) is 0 Å². The van der Waals surface area contributed by atoms with E-state index in [9.17, 15) is 19.5 Å². The highest BCUT2D eigenvalue weighted by Crippen LogP contribution is 2.53. The number of halogens is 1. The number of fused-ring (bicyclic) bond motifs is 2. The van der Waals surface area contributed by atoms with Crippen LogP contribution in [0, 0.1) is 5.92 Å². The lowest BCUT2D eigenvalue weighted by Gasteiger charge is -2.30. The van der Waals surface area contributed by atoms with E-state index in [1.807, 2.05) is 6.92 Å². The third-order valence-corrected chi connectivity index (χ3v) is 8.48. The van der Waals surface area contributed by atoms with E-state index in [0.717, 1.165) is 15.8 Å². The molecule has 164 valence electrons. The first kappa shape index (κ1) is 21.3. The molecule has 7 nitrogen and oxygen atoms in total. The van der Waals surface area contributed by atoms with E-state index in [1.165, 1.54) is 22.7 Å². The third-order valence-electron chi connectivity index (χ3n) is 5.55. The number of nitrogens with one attached hydrogen (secondary N) is 1. The second-order valence-electron chi connectivity index (χ2n) is 7.40. The smallest absolute Gasteiger partial charge is 0.305 e. The van der Waals surface area contributed by atoms with Crippen LogP contribution in [0.4, 0.5) is 5.69 Å². The maximum absolute atomic E-state index is 13.6. The molecule has 1 aromatic heterocycles. The Morgan fingerprint density at radius 2 is 1.88 bits per heavy atom. The summed E-state index contributed by atoms with van der Waals surface area (Å²) in [4.78, 5) is 43.7. The van der Waals surface area contributed by atoms with Crippen LogP contribution in [-0.4, -0.2) is 33.8 Å². The Morgan fingerprint density at radius 1 is 1.12 bits per heavy atom. The molecule has 0 bridgehead atoms. The Balaban J connectivity index is 1.64. The van der Waals surface area contributed by atoms with Crippen LogP contribution in [0.3, 0.4) is 0 Å². The summed E-state index contributed by atoms with van der Waals surface area (Å²) in [6.45, 7) is 2.17. The molecular weight excluding hydrogens is 516 g/mol. The zero-order valence-corrected chi connectivity index (χ0v) is 19.9. The lowest BCUT2D eigenvalue weighted by atomic mass is 9.83. The normalized spacial score (nSPS) is 22.1. The molecule has 2 aliphatic rings. The average Bonchev–Trinajstić information content (AvgIpc) is 3.25. The number of hydrogen-bond donors (Lipinski definition) is 2. The highest BCUT2D eigenvalue weighted by atomic mass is 79.9. The van der Waals surface area contributed by atoms with E-state index >= 15 is 0 Å². The van der Waals surface area contributed by atoms with Crippen LogP contribution in [0.5, 0.6) is 11.5 Å². The highest BCUT2D eigenvalue weighted by molar-refractivity contribution is 9.10. The number of phenolic OH excluding ortho intramolecular Hbond substituents is 1. The number of aromatic nitrogens is 1. The van der Waals surface area contributed by atoms with E-state index in [2.05, 4.69) is 20.9 Å². The Hall–Kier alpha value is -2.56. The molecule has 0 aliphatic carbocycles. The van der Waals surface area contributed by atoms with E-state index in [0.29, 0.717) is 33.5 Å². The fourth-order valence-electron chi connectivity index (χ4n) is 4.22. The zero-order valence-electron chi connectivity index (χ0n) is 16.7. The van der Waals surface area contributed by atoms with Gasteiger partial charge in [-0.05, 0) is 48.9 Å². The molecule has 0 saturated carbocycles. The molecule has 10 heteroatoms. The summed E-state index contributed by atoms with van der Waals surface area (Å²) in [5.74, 6) is -1.53. The number of anilines is 1. The van der Waals surface area contributed by atoms with Gasteiger partial charge in [0.15, 0.2) is 11.5 Å². The average molecular weight is 533 g/mol. The van der Waals surface area contributed by atoms with Crippen molar-refractivity contribution >= 4 is 56.5 Å². The second-order valence-corrected chi connectivity index (χ2v) is 10.5. The number of thiazole rings is 1. The molecule has 1 fully saturated rings. The fraction of sp³-hybridized carbons (Fsp3) is 0.227. The lowest BCUT2D eigenvalue weighted by Crippen LogP contribution is -2.32. The Morgan fingerprint density at radius 3 is 2.59 bits per heavy atom. The van der Waals surface area contributed by atoms with Crippen molar-refractivity contribution in [2.75, 3.05) is 11.5 Å². The monoisotopic (exact) mass is 532 g/mol. The van der Waals surface area contributed by atoms with Crippen LogP contribution in [0.2, 0.25) is 0 Å². The number of rotatable bonds is 4. The number of phenols is 1. The Bertz CT molecular complexity index is 1290. The molecule has 1 saturated heterocycles. The number of carbonyl (C=O) groups is 2. The van der Waals surface area contributed by atoms with Crippen molar-refractivity contribution < 1.29 is 19.4 Å². The predicted molar refractivity (Wildman–Crippen MR) is 126 cm³/mol. The summed E-state index contributed by atoms with van der Waals surface area (Å²) in [6, 6.07) is 11.9. The van der Waals surface area contributed by atoms with Gasteiger partial charge in [0.05, 0.1) is 23.2 Å². The van der Waals surface area contributed by atoms with Gasteiger partial charge in [-0.25, -0.2) is 4.90 Å². The largest absolute Gasteiger partial charge is 0.504 e. The molecule has 3 unspecified atom stereocenters. The van der Waals surface area contributed by atoms with Gasteiger partial charge >= 0.3 is 4.87 Å². The minimum absolute atomic E-state index is 0.00914. The molecule has 3 aromatic rings. The first-order chi connectivity index (χ1) is 15.4. The van der Waals surface area contributed by atoms with Crippen LogP contribution >= 0.6 is 39.0 Å². The minimum Gasteiger partial charge on any atom is -0.504 e. The van der Waals surface area contributed by atoms with Crippen molar-refractivity contribution in [1.82, 2.24) is 4.98 Å². The van der Waals surface area contributed by atoms with Crippen LogP contribution in [-0.2, 0) is 9.59 Å². The molecule has 2 aromatic carbocycles. The Labute approximate surface area is 199 Å². The van der Waals surface area contributed by atoms with Crippen LogP contribution in [0.25, 0.3) is 0 Å². The summed E-state index contributed by atoms with van der Waals surface area (Å²) in [7, 11) is 0. The molecule has 2 N–H and O–H groups in total. The van der Waals surface area contributed by atoms with Crippen molar-refractivity contribution in [2.24, 2.45) is 5.92 Å². The van der Waals surface area contributed by atoms with E-state index in [4.69, 9.17) is 4.74 Å². The van der Waals surface area contributed by atoms with Crippen molar-refractivity contribution in [3.8, 4) is 11.5 Å². The summed E-state index contributed by atoms with van der Waals surface area (Å²) in [5, 5.41) is 10.1. The van der Waals surface area contributed by atoms with Crippen LogP contribution in [0.15, 0.2) is 56.8 Å². The van der Waals surface area contributed by atoms with Crippen molar-refractivity contribution in [3.63, 3.8) is 0 Å². The molecule has 3 heterocycles. The number of H-pyrrole nitrogens is 1. The number of hydrogen-bond acceptors (Lipinski definition) is 7. The topological polar surface area (TPSA) is 99.7 Å². The first-order valence-electron chi connectivity index (χ1n) is 9.87. The molecule has 3 atom stereocenters. The van der Waals surface area contributed by atoms with Crippen molar-refractivity contribution in [3.05, 3.63) is 67.0 Å².